The minimum absolute atomic E-state index is 0.0313. The number of amides is 1. The second-order valence-electron chi connectivity index (χ2n) is 7.88. The van der Waals surface area contributed by atoms with Crippen molar-refractivity contribution in [3.63, 3.8) is 0 Å². The van der Waals surface area contributed by atoms with E-state index in [1.165, 1.54) is 8.61 Å². The third-order valence-corrected chi connectivity index (χ3v) is 7.67. The van der Waals surface area contributed by atoms with Crippen molar-refractivity contribution in [1.29, 1.82) is 0 Å². The van der Waals surface area contributed by atoms with E-state index in [1.807, 2.05) is 18.0 Å². The van der Waals surface area contributed by atoms with Crippen LogP contribution in [0.2, 0.25) is 0 Å². The van der Waals surface area contributed by atoms with Crippen molar-refractivity contribution in [2.24, 2.45) is 0 Å². The highest BCUT2D eigenvalue weighted by atomic mass is 32.2. The Labute approximate surface area is 177 Å². The van der Waals surface area contributed by atoms with Gasteiger partial charge in [-0.15, -0.1) is 0 Å². The Balaban J connectivity index is 1.41. The first kappa shape index (κ1) is 20.6. The maximum absolute atomic E-state index is 12.9. The van der Waals surface area contributed by atoms with Gasteiger partial charge in [0.25, 0.3) is 5.91 Å². The number of hydrogen-bond donors (Lipinski definition) is 0. The van der Waals surface area contributed by atoms with E-state index >= 15 is 0 Å². The summed E-state index contributed by atoms with van der Waals surface area (Å²) in [6.07, 6.45) is 1.87. The third kappa shape index (κ3) is 3.75. The normalized spacial score (nSPS) is 19.4. The Morgan fingerprint density at radius 2 is 1.63 bits per heavy atom. The molecule has 9 heteroatoms. The fourth-order valence-corrected chi connectivity index (χ4v) is 5.36. The quantitative estimate of drug-likeness (QED) is 0.742. The first-order valence-corrected chi connectivity index (χ1v) is 11.5. The summed E-state index contributed by atoms with van der Waals surface area (Å²) < 4.78 is 27.3. The van der Waals surface area contributed by atoms with Gasteiger partial charge in [-0.3, -0.25) is 9.10 Å². The van der Waals surface area contributed by atoms with Gasteiger partial charge in [0, 0.05) is 58.1 Å². The summed E-state index contributed by atoms with van der Waals surface area (Å²) in [5.74, 6) is 0.949. The smallest absolute Gasteiger partial charge is 0.303 e. The zero-order chi connectivity index (χ0) is 21.5. The fraction of sp³-hybridized carbons (Fsp3) is 0.429. The molecule has 2 aliphatic rings. The van der Waals surface area contributed by atoms with Gasteiger partial charge in [-0.25, -0.2) is 4.98 Å². The van der Waals surface area contributed by atoms with Crippen molar-refractivity contribution in [2.45, 2.75) is 13.8 Å². The number of nitrogens with zero attached hydrogens (tertiary/aromatic N) is 5. The Hall–Kier alpha value is -2.65. The highest BCUT2D eigenvalue weighted by Crippen LogP contribution is 2.25. The molecule has 2 saturated heterocycles. The molecule has 1 aromatic carbocycles. The van der Waals surface area contributed by atoms with Crippen LogP contribution in [-0.4, -0.2) is 74.8 Å². The predicted molar refractivity (Wildman–Crippen MR) is 117 cm³/mol. The number of piperazine rings is 1. The number of aromatic nitrogens is 1. The minimum Gasteiger partial charge on any atom is -0.353 e. The summed E-state index contributed by atoms with van der Waals surface area (Å²) in [5, 5.41) is 0. The van der Waals surface area contributed by atoms with Crippen molar-refractivity contribution < 1.29 is 13.2 Å². The lowest BCUT2D eigenvalue weighted by Crippen LogP contribution is -2.49. The Morgan fingerprint density at radius 1 is 0.967 bits per heavy atom. The molecule has 8 nitrogen and oxygen atoms in total. The molecule has 4 rings (SSSR count). The van der Waals surface area contributed by atoms with Crippen molar-refractivity contribution in [2.75, 3.05) is 55.5 Å². The molecule has 1 amide bonds. The molecule has 0 bridgehead atoms. The van der Waals surface area contributed by atoms with Crippen molar-refractivity contribution in [1.82, 2.24) is 14.2 Å². The monoisotopic (exact) mass is 429 g/mol. The molecule has 1 aromatic heterocycles. The SMILES string of the molecule is Cc1cnc(N2CCN(C(=O)c3ccc(N4CCN(C)S4(=O)=O)cc3)CC2)c(C)c1. The predicted octanol–water partition coefficient (Wildman–Crippen LogP) is 1.66. The Kier molecular flexibility index (Phi) is 5.42. The van der Waals surface area contributed by atoms with Crippen LogP contribution in [0.1, 0.15) is 21.5 Å². The third-order valence-electron chi connectivity index (χ3n) is 5.75. The summed E-state index contributed by atoms with van der Waals surface area (Å²) in [4.78, 5) is 21.5. The van der Waals surface area contributed by atoms with E-state index in [0.717, 1.165) is 30.0 Å². The zero-order valence-corrected chi connectivity index (χ0v) is 18.4. The molecule has 0 aliphatic carbocycles. The molecule has 2 aromatic rings. The van der Waals surface area contributed by atoms with Crippen LogP contribution in [-0.2, 0) is 10.2 Å². The number of rotatable bonds is 3. The van der Waals surface area contributed by atoms with Gasteiger partial charge in [0.2, 0.25) is 0 Å². The van der Waals surface area contributed by atoms with Crippen LogP contribution < -0.4 is 9.21 Å². The van der Waals surface area contributed by atoms with E-state index in [4.69, 9.17) is 0 Å². The first-order chi connectivity index (χ1) is 14.3. The van der Waals surface area contributed by atoms with Crippen molar-refractivity contribution in [3.8, 4) is 0 Å². The molecule has 0 unspecified atom stereocenters. The van der Waals surface area contributed by atoms with Crippen LogP contribution in [0.5, 0.6) is 0 Å². The molecule has 0 N–H and O–H groups in total. The van der Waals surface area contributed by atoms with E-state index in [2.05, 4.69) is 22.9 Å². The van der Waals surface area contributed by atoms with Crippen molar-refractivity contribution >= 4 is 27.6 Å². The molecular formula is C21H27N5O3S. The molecule has 3 heterocycles. The summed E-state index contributed by atoms with van der Waals surface area (Å²) in [6.45, 7) is 7.69. The molecule has 2 fully saturated rings. The molecular weight excluding hydrogens is 402 g/mol. The largest absolute Gasteiger partial charge is 0.353 e. The van der Waals surface area contributed by atoms with E-state index in [1.54, 1.807) is 31.3 Å². The topological polar surface area (TPSA) is 77.1 Å². The van der Waals surface area contributed by atoms with Crippen LogP contribution in [0.15, 0.2) is 36.5 Å². The Morgan fingerprint density at radius 3 is 2.20 bits per heavy atom. The van der Waals surface area contributed by atoms with Crippen LogP contribution in [0.4, 0.5) is 11.5 Å². The van der Waals surface area contributed by atoms with Crippen LogP contribution in [0, 0.1) is 13.8 Å². The highest BCUT2D eigenvalue weighted by Gasteiger charge is 2.34. The Bertz CT molecular complexity index is 1050. The summed E-state index contributed by atoms with van der Waals surface area (Å²) in [7, 11) is -1.88. The van der Waals surface area contributed by atoms with Gasteiger partial charge >= 0.3 is 10.2 Å². The molecule has 2 aliphatic heterocycles. The number of carbonyl (C=O) groups excluding carboxylic acids is 1. The van der Waals surface area contributed by atoms with E-state index in [-0.39, 0.29) is 5.91 Å². The van der Waals surface area contributed by atoms with Gasteiger partial charge in [0.05, 0.1) is 5.69 Å². The maximum Gasteiger partial charge on any atom is 0.303 e. The zero-order valence-electron chi connectivity index (χ0n) is 17.6. The van der Waals surface area contributed by atoms with Gasteiger partial charge in [0.15, 0.2) is 0 Å². The van der Waals surface area contributed by atoms with E-state index < -0.39 is 10.2 Å². The highest BCUT2D eigenvalue weighted by molar-refractivity contribution is 7.90. The maximum atomic E-state index is 12.9. The van der Waals surface area contributed by atoms with Gasteiger partial charge in [0.1, 0.15) is 5.82 Å². The van der Waals surface area contributed by atoms with E-state index in [0.29, 0.717) is 37.4 Å². The van der Waals surface area contributed by atoms with Gasteiger partial charge < -0.3 is 9.80 Å². The lowest BCUT2D eigenvalue weighted by Gasteiger charge is -2.36. The average Bonchev–Trinajstić information content (AvgIpc) is 3.00. The lowest BCUT2D eigenvalue weighted by atomic mass is 10.1. The van der Waals surface area contributed by atoms with Crippen LogP contribution in [0.3, 0.4) is 0 Å². The minimum atomic E-state index is -3.45. The lowest BCUT2D eigenvalue weighted by molar-refractivity contribution is 0.0746. The molecule has 0 atom stereocenters. The van der Waals surface area contributed by atoms with Crippen LogP contribution in [0.25, 0.3) is 0 Å². The fourth-order valence-electron chi connectivity index (χ4n) is 4.01. The first-order valence-electron chi connectivity index (χ1n) is 10.1. The number of pyridine rings is 1. The average molecular weight is 430 g/mol. The summed E-state index contributed by atoms with van der Waals surface area (Å²) >= 11 is 0. The molecule has 0 saturated carbocycles. The number of anilines is 2. The van der Waals surface area contributed by atoms with Gasteiger partial charge in [-0.05, 0) is 49.2 Å². The second-order valence-corrected chi connectivity index (χ2v) is 9.84. The number of benzene rings is 1. The molecule has 0 spiro atoms. The summed E-state index contributed by atoms with van der Waals surface area (Å²) in [6, 6.07) is 8.96. The summed E-state index contributed by atoms with van der Waals surface area (Å²) in [5.41, 5.74) is 3.44. The standard InChI is InChI=1S/C21H27N5O3S/c1-16-14-17(2)20(22-15-16)24-9-11-25(12-10-24)21(27)18-4-6-19(7-5-18)26-13-8-23(3)30(26,28)29/h4-7,14-15H,8-13H2,1-3H3. The molecule has 160 valence electrons. The second kappa shape index (κ2) is 7.88. The number of hydrogen-bond acceptors (Lipinski definition) is 5. The van der Waals surface area contributed by atoms with E-state index in [9.17, 15) is 13.2 Å². The van der Waals surface area contributed by atoms with Crippen molar-refractivity contribution in [3.05, 3.63) is 53.2 Å². The van der Waals surface area contributed by atoms with Gasteiger partial charge in [-0.2, -0.15) is 12.7 Å². The number of carbonyl (C=O) groups is 1. The molecule has 30 heavy (non-hydrogen) atoms. The molecule has 0 radical (unpaired) electrons. The number of aryl methyl sites for hydroxylation is 2. The van der Waals surface area contributed by atoms with Gasteiger partial charge in [-0.1, -0.05) is 6.07 Å². The van der Waals surface area contributed by atoms with Crippen LogP contribution >= 0.6 is 0 Å². The number of likely N-dealkylation sites (N-methyl/N-ethyl adjacent to an activating group) is 1.